The van der Waals surface area contributed by atoms with Crippen LogP contribution in [-0.2, 0) is 11.3 Å². The van der Waals surface area contributed by atoms with Crippen molar-refractivity contribution < 1.29 is 13.6 Å². The summed E-state index contributed by atoms with van der Waals surface area (Å²) in [5, 5.41) is 20.8. The zero-order valence-electron chi connectivity index (χ0n) is 16.6. The Hall–Kier alpha value is -3.12. The van der Waals surface area contributed by atoms with E-state index in [2.05, 4.69) is 21.6 Å². The van der Waals surface area contributed by atoms with Crippen LogP contribution in [0.25, 0.3) is 0 Å². The molecule has 0 unspecified atom stereocenters. The number of carbonyl (C=O) groups is 1. The molecule has 1 aliphatic rings. The Balaban J connectivity index is 1.49. The predicted octanol–water partition coefficient (Wildman–Crippen LogP) is 4.16. The lowest BCUT2D eigenvalue weighted by Crippen LogP contribution is -2.18. The molecule has 0 atom stereocenters. The molecule has 154 valence electrons. The minimum Gasteiger partial charge on any atom is -0.416 e. The van der Waals surface area contributed by atoms with Crippen LogP contribution in [0.15, 0.2) is 33.9 Å². The first-order valence-electron chi connectivity index (χ1n) is 9.56. The molecule has 0 bridgehead atoms. The van der Waals surface area contributed by atoms with E-state index in [1.807, 2.05) is 18.4 Å². The highest BCUT2D eigenvalue weighted by molar-refractivity contribution is 7.99. The molecular weight excluding hydrogens is 405 g/mol. The van der Waals surface area contributed by atoms with Gasteiger partial charge in [-0.15, -0.1) is 10.2 Å². The van der Waals surface area contributed by atoms with Crippen molar-refractivity contribution in [2.24, 2.45) is 0 Å². The number of hydrogen-bond acceptors (Lipinski definition) is 6. The van der Waals surface area contributed by atoms with Crippen LogP contribution in [-0.4, -0.2) is 26.4 Å². The summed E-state index contributed by atoms with van der Waals surface area (Å²) in [5.74, 6) is 0.917. The summed E-state index contributed by atoms with van der Waals surface area (Å²) in [4.78, 5) is 12.6. The van der Waals surface area contributed by atoms with Crippen molar-refractivity contribution in [3.63, 3.8) is 0 Å². The zero-order valence-corrected chi connectivity index (χ0v) is 17.4. The second-order valence-electron chi connectivity index (χ2n) is 7.28. The number of aromatic nitrogens is 3. The van der Waals surface area contributed by atoms with Gasteiger partial charge in [-0.3, -0.25) is 4.79 Å². The second kappa shape index (κ2) is 8.32. The molecule has 3 aromatic rings. The summed E-state index contributed by atoms with van der Waals surface area (Å²) in [7, 11) is 0. The average Bonchev–Trinajstić information content (AvgIpc) is 3.44. The maximum atomic E-state index is 13.2. The minimum absolute atomic E-state index is 0.0803. The fraction of sp³-hybridized carbons (Fsp3) is 0.333. The van der Waals surface area contributed by atoms with Gasteiger partial charge >= 0.3 is 0 Å². The van der Waals surface area contributed by atoms with Gasteiger partial charge in [0.15, 0.2) is 0 Å². The van der Waals surface area contributed by atoms with Gasteiger partial charge in [-0.1, -0.05) is 23.9 Å². The fourth-order valence-electron chi connectivity index (χ4n) is 3.17. The lowest BCUT2D eigenvalue weighted by molar-refractivity contribution is -0.113. The molecule has 1 amide bonds. The van der Waals surface area contributed by atoms with Gasteiger partial charge in [-0.05, 0) is 49.9 Å². The number of nitrogens with zero attached hydrogens (tertiary/aromatic N) is 4. The molecule has 1 saturated carbocycles. The van der Waals surface area contributed by atoms with E-state index in [0.717, 1.165) is 41.4 Å². The summed E-state index contributed by atoms with van der Waals surface area (Å²) >= 11 is 1.16. The van der Waals surface area contributed by atoms with Gasteiger partial charge in [0.05, 0.1) is 11.3 Å². The van der Waals surface area contributed by atoms with Gasteiger partial charge in [0.25, 0.3) is 5.22 Å². The van der Waals surface area contributed by atoms with E-state index >= 15 is 0 Å². The van der Waals surface area contributed by atoms with Crippen LogP contribution in [0.1, 0.15) is 47.0 Å². The van der Waals surface area contributed by atoms with E-state index < -0.39 is 0 Å². The molecule has 0 radical (unpaired) electrons. The molecule has 0 spiro atoms. The number of anilines is 1. The predicted molar refractivity (Wildman–Crippen MR) is 110 cm³/mol. The third-order valence-corrected chi connectivity index (χ3v) is 5.95. The van der Waals surface area contributed by atoms with Gasteiger partial charge in [0, 0.05) is 18.2 Å². The number of nitriles is 1. The minimum atomic E-state index is -0.312. The topological polar surface area (TPSA) is 96.7 Å². The molecule has 9 heteroatoms. The Kier molecular flexibility index (Phi) is 5.59. The number of benzene rings is 1. The van der Waals surface area contributed by atoms with Crippen LogP contribution >= 0.6 is 11.8 Å². The normalized spacial score (nSPS) is 13.3. The lowest BCUT2D eigenvalue weighted by Gasteiger charge is -2.13. The summed E-state index contributed by atoms with van der Waals surface area (Å²) in [6.07, 6.45) is 2.13. The maximum absolute atomic E-state index is 13.2. The maximum Gasteiger partial charge on any atom is 0.277 e. The number of rotatable bonds is 7. The molecule has 7 nitrogen and oxygen atoms in total. The lowest BCUT2D eigenvalue weighted by atomic mass is 10.2. The fourth-order valence-corrected chi connectivity index (χ4v) is 3.74. The molecule has 1 aliphatic carbocycles. The summed E-state index contributed by atoms with van der Waals surface area (Å²) in [6, 6.07) is 8.33. The van der Waals surface area contributed by atoms with Crippen molar-refractivity contribution in [1.29, 1.82) is 5.26 Å². The first-order valence-corrected chi connectivity index (χ1v) is 10.5. The SMILES string of the molecule is Cc1c(C#N)c(NC(=O)CSc2nnc(C3CC3)o2)n(Cc2ccc(F)cc2)c1C. The Morgan fingerprint density at radius 3 is 2.73 bits per heavy atom. The van der Waals surface area contributed by atoms with Gasteiger partial charge in [0.1, 0.15) is 17.7 Å². The van der Waals surface area contributed by atoms with E-state index in [9.17, 15) is 14.4 Å². The highest BCUT2D eigenvalue weighted by Gasteiger charge is 2.29. The van der Waals surface area contributed by atoms with Crippen LogP contribution in [0, 0.1) is 31.0 Å². The van der Waals surface area contributed by atoms with Crippen molar-refractivity contribution in [3.8, 4) is 6.07 Å². The number of nitrogens with one attached hydrogen (secondary N) is 1. The van der Waals surface area contributed by atoms with E-state index in [1.54, 1.807) is 12.1 Å². The summed E-state index contributed by atoms with van der Waals surface area (Å²) in [6.45, 7) is 4.14. The monoisotopic (exact) mass is 425 g/mol. The third-order valence-electron chi connectivity index (χ3n) is 5.13. The first kappa shape index (κ1) is 20.2. The highest BCUT2D eigenvalue weighted by Crippen LogP contribution is 2.39. The Morgan fingerprint density at radius 1 is 1.33 bits per heavy atom. The Morgan fingerprint density at radius 2 is 2.07 bits per heavy atom. The zero-order chi connectivity index (χ0) is 21.3. The van der Waals surface area contributed by atoms with Crippen LogP contribution in [0.4, 0.5) is 10.2 Å². The molecule has 1 N–H and O–H groups in total. The van der Waals surface area contributed by atoms with Crippen LogP contribution in [0.3, 0.4) is 0 Å². The molecular formula is C21H20FN5O2S. The number of carbonyl (C=O) groups excluding carboxylic acids is 1. The highest BCUT2D eigenvalue weighted by atomic mass is 32.2. The third kappa shape index (κ3) is 4.24. The van der Waals surface area contributed by atoms with E-state index in [-0.39, 0.29) is 17.5 Å². The first-order chi connectivity index (χ1) is 14.5. The molecule has 1 fully saturated rings. The van der Waals surface area contributed by atoms with Gasteiger partial charge < -0.3 is 14.3 Å². The van der Waals surface area contributed by atoms with Crippen molar-refractivity contribution >= 4 is 23.5 Å². The van der Waals surface area contributed by atoms with Crippen molar-refractivity contribution in [1.82, 2.24) is 14.8 Å². The van der Waals surface area contributed by atoms with Crippen LogP contribution in [0.2, 0.25) is 0 Å². The average molecular weight is 425 g/mol. The number of halogens is 1. The Bertz CT molecular complexity index is 1130. The van der Waals surface area contributed by atoms with E-state index in [1.165, 1.54) is 12.1 Å². The van der Waals surface area contributed by atoms with Crippen LogP contribution in [0.5, 0.6) is 0 Å². The van der Waals surface area contributed by atoms with Crippen molar-refractivity contribution in [2.75, 3.05) is 11.1 Å². The molecule has 4 rings (SSSR count). The number of thioether (sulfide) groups is 1. The molecule has 1 aromatic carbocycles. The second-order valence-corrected chi connectivity index (χ2v) is 8.20. The summed E-state index contributed by atoms with van der Waals surface area (Å²) < 4.78 is 20.7. The standard InChI is InChI=1S/C21H20FN5O2S/c1-12-13(2)27(10-14-3-7-16(22)8-4-14)19(17(12)9-23)24-18(28)11-30-21-26-25-20(29-21)15-5-6-15/h3-4,7-8,15H,5-6,10-11H2,1-2H3,(H,24,28). The van der Waals surface area contributed by atoms with E-state index in [0.29, 0.717) is 35.0 Å². The van der Waals surface area contributed by atoms with Crippen LogP contribution < -0.4 is 5.32 Å². The molecule has 2 aromatic heterocycles. The largest absolute Gasteiger partial charge is 0.416 e. The van der Waals surface area contributed by atoms with Gasteiger partial charge in [-0.25, -0.2) is 4.39 Å². The van der Waals surface area contributed by atoms with Crippen molar-refractivity contribution in [2.45, 2.75) is 44.4 Å². The Labute approximate surface area is 177 Å². The van der Waals surface area contributed by atoms with E-state index in [4.69, 9.17) is 4.42 Å². The number of hydrogen-bond donors (Lipinski definition) is 1. The molecule has 30 heavy (non-hydrogen) atoms. The molecule has 2 heterocycles. The van der Waals surface area contributed by atoms with Gasteiger partial charge in [-0.2, -0.15) is 5.26 Å². The molecule has 0 aliphatic heterocycles. The summed E-state index contributed by atoms with van der Waals surface area (Å²) in [5.41, 5.74) is 2.95. The van der Waals surface area contributed by atoms with Gasteiger partial charge in [0.2, 0.25) is 11.8 Å². The van der Waals surface area contributed by atoms with Crippen molar-refractivity contribution in [3.05, 3.63) is 58.4 Å². The smallest absolute Gasteiger partial charge is 0.277 e. The number of amides is 1. The quantitative estimate of drug-likeness (QED) is 0.571. The molecule has 0 saturated heterocycles.